The first-order valence-corrected chi connectivity index (χ1v) is 16.4. The molecule has 2 aromatic rings. The Labute approximate surface area is 236 Å². The van der Waals surface area contributed by atoms with Gasteiger partial charge in [0.25, 0.3) is 0 Å². The van der Waals surface area contributed by atoms with Crippen molar-refractivity contribution in [1.82, 2.24) is 15.1 Å². The van der Waals surface area contributed by atoms with E-state index in [2.05, 4.69) is 16.3 Å². The highest BCUT2D eigenvalue weighted by Gasteiger charge is 2.47. The third kappa shape index (κ3) is 5.91. The highest BCUT2D eigenvalue weighted by Crippen LogP contribution is 2.36. The smallest absolute Gasteiger partial charge is 0.248 e. The Hall–Kier alpha value is -1.98. The topological polar surface area (TPSA) is 88.2 Å². The van der Waals surface area contributed by atoms with Crippen molar-refractivity contribution in [3.05, 3.63) is 44.6 Å². The highest BCUT2D eigenvalue weighted by molar-refractivity contribution is 7.93. The van der Waals surface area contributed by atoms with Crippen molar-refractivity contribution in [2.24, 2.45) is 0 Å². The number of nitrogens with one attached hydrogen (secondary N) is 1. The zero-order valence-electron chi connectivity index (χ0n) is 23.4. The van der Waals surface area contributed by atoms with Gasteiger partial charge in [0.05, 0.1) is 18.6 Å². The summed E-state index contributed by atoms with van der Waals surface area (Å²) >= 11 is 1.88. The predicted molar refractivity (Wildman–Crippen MR) is 153 cm³/mol. The van der Waals surface area contributed by atoms with E-state index in [1.54, 1.807) is 33.1 Å². The molecule has 39 heavy (non-hydrogen) atoms. The Morgan fingerprint density at radius 2 is 1.82 bits per heavy atom. The number of piperidine rings is 1. The average molecular weight is 576 g/mol. The molecule has 2 saturated heterocycles. The van der Waals surface area contributed by atoms with Gasteiger partial charge in [-0.25, -0.2) is 8.42 Å². The lowest BCUT2D eigenvalue weighted by atomic mass is 10.1. The van der Waals surface area contributed by atoms with Gasteiger partial charge >= 0.3 is 0 Å². The molecule has 3 aliphatic rings. The van der Waals surface area contributed by atoms with Crippen molar-refractivity contribution in [1.29, 1.82) is 0 Å². The zero-order chi connectivity index (χ0) is 27.6. The number of benzene rings is 1. The van der Waals surface area contributed by atoms with Crippen LogP contribution in [0.4, 0.5) is 0 Å². The molecule has 214 valence electrons. The van der Waals surface area contributed by atoms with Gasteiger partial charge in [0.2, 0.25) is 5.91 Å². The van der Waals surface area contributed by atoms with Gasteiger partial charge in [0.15, 0.2) is 9.84 Å². The molecule has 0 aliphatic carbocycles. The van der Waals surface area contributed by atoms with Crippen LogP contribution in [0.2, 0.25) is 0 Å². The molecule has 1 aromatic carbocycles. The number of rotatable bonds is 9. The van der Waals surface area contributed by atoms with Crippen LogP contribution in [0, 0.1) is 13.8 Å². The maximum atomic E-state index is 14.1. The first kappa shape index (κ1) is 28.5. The van der Waals surface area contributed by atoms with Crippen LogP contribution in [0.15, 0.2) is 23.1 Å². The molecule has 0 radical (unpaired) electrons. The van der Waals surface area contributed by atoms with E-state index >= 15 is 0 Å². The molecule has 8 nitrogen and oxygen atoms in total. The lowest BCUT2D eigenvalue weighted by Gasteiger charge is -2.38. The summed E-state index contributed by atoms with van der Waals surface area (Å²) in [7, 11) is -2.22. The Kier molecular flexibility index (Phi) is 8.68. The number of amides is 1. The molecule has 5 rings (SSSR count). The summed E-state index contributed by atoms with van der Waals surface area (Å²) in [6.07, 6.45) is 5.56. The summed E-state index contributed by atoms with van der Waals surface area (Å²) in [4.78, 5) is 19.3. The van der Waals surface area contributed by atoms with Crippen LogP contribution in [-0.2, 0) is 38.9 Å². The molecule has 0 spiro atoms. The fourth-order valence-electron chi connectivity index (χ4n) is 6.26. The van der Waals surface area contributed by atoms with Gasteiger partial charge < -0.3 is 14.4 Å². The molecule has 0 bridgehead atoms. The van der Waals surface area contributed by atoms with Crippen molar-refractivity contribution in [3.63, 3.8) is 0 Å². The molecule has 1 aromatic heterocycles. The van der Waals surface area contributed by atoms with Crippen LogP contribution in [0.1, 0.15) is 58.5 Å². The molecule has 10 heteroatoms. The van der Waals surface area contributed by atoms with Crippen LogP contribution in [-0.4, -0.2) is 75.5 Å². The number of aryl methyl sites for hydroxylation is 2. The molecular weight excluding hydrogens is 534 g/mol. The van der Waals surface area contributed by atoms with E-state index in [0.717, 1.165) is 25.8 Å². The van der Waals surface area contributed by atoms with Crippen LogP contribution >= 0.6 is 11.3 Å². The minimum atomic E-state index is -3.80. The van der Waals surface area contributed by atoms with Crippen molar-refractivity contribution < 1.29 is 22.7 Å². The van der Waals surface area contributed by atoms with E-state index in [-0.39, 0.29) is 19.1 Å². The fourth-order valence-corrected chi connectivity index (χ4v) is 9.77. The predicted octanol–water partition coefficient (Wildman–Crippen LogP) is 3.81. The molecule has 1 N–H and O–H groups in total. The zero-order valence-corrected chi connectivity index (χ0v) is 25.0. The second-order valence-corrected chi connectivity index (χ2v) is 14.6. The maximum absolute atomic E-state index is 14.1. The van der Waals surface area contributed by atoms with Crippen LogP contribution < -0.4 is 10.1 Å². The summed E-state index contributed by atoms with van der Waals surface area (Å²) in [6.45, 7) is 8.63. The molecule has 2 fully saturated rings. The van der Waals surface area contributed by atoms with Crippen molar-refractivity contribution in [2.75, 3.05) is 46.5 Å². The maximum Gasteiger partial charge on any atom is 0.248 e. The molecular formula is C29H41N3O5S2. The van der Waals surface area contributed by atoms with Crippen molar-refractivity contribution in [3.8, 4) is 5.75 Å². The number of sulfone groups is 1. The third-order valence-electron chi connectivity index (χ3n) is 8.32. The molecule has 0 unspecified atom stereocenters. The number of ether oxygens (including phenoxy) is 2. The number of thiophene rings is 1. The summed E-state index contributed by atoms with van der Waals surface area (Å²) in [5.41, 5.74) is 2.55. The first-order valence-electron chi connectivity index (χ1n) is 14.1. The van der Waals surface area contributed by atoms with Crippen molar-refractivity contribution in [2.45, 2.75) is 75.2 Å². The Bertz CT molecular complexity index is 1270. The molecule has 0 saturated carbocycles. The van der Waals surface area contributed by atoms with Gasteiger partial charge in [-0.05, 0) is 107 Å². The second-order valence-electron chi connectivity index (χ2n) is 11.2. The van der Waals surface area contributed by atoms with Crippen LogP contribution in [0.3, 0.4) is 0 Å². The Balaban J connectivity index is 1.24. The molecule has 4 heterocycles. The number of carbonyl (C=O) groups excluding carboxylic acids is 1. The number of likely N-dealkylation sites (tertiary alicyclic amines) is 1. The molecule has 1 atom stereocenters. The quantitative estimate of drug-likeness (QED) is 0.487. The number of fused-ring (bicyclic) bond motifs is 1. The van der Waals surface area contributed by atoms with E-state index in [1.165, 1.54) is 41.2 Å². The average Bonchev–Trinajstić information content (AvgIpc) is 3.57. The number of hydrogen-bond acceptors (Lipinski definition) is 8. The van der Waals surface area contributed by atoms with Gasteiger partial charge in [-0.3, -0.25) is 15.0 Å². The van der Waals surface area contributed by atoms with Crippen LogP contribution in [0.25, 0.3) is 0 Å². The van der Waals surface area contributed by atoms with E-state index in [1.807, 2.05) is 16.2 Å². The number of methoxy groups -OCH3 is 1. The third-order valence-corrected chi connectivity index (χ3v) is 12.2. The van der Waals surface area contributed by atoms with Crippen molar-refractivity contribution >= 4 is 27.1 Å². The minimum Gasteiger partial charge on any atom is -0.497 e. The SMILES string of the molecule is COc1cc(C)c(S(=O)(=O)[C@]2(COCC(=O)N3CCc4sc(CN5CCCC5)cc4C3)CCCCN2)c(C)c1. The number of hydrogen-bond donors (Lipinski definition) is 1. The van der Waals surface area contributed by atoms with Gasteiger partial charge in [-0.2, -0.15) is 0 Å². The minimum absolute atomic E-state index is 0.0660. The van der Waals surface area contributed by atoms with Gasteiger partial charge in [0.1, 0.15) is 17.2 Å². The summed E-state index contributed by atoms with van der Waals surface area (Å²) in [5.74, 6) is 0.544. The summed E-state index contributed by atoms with van der Waals surface area (Å²) < 4.78 is 39.5. The fraction of sp³-hybridized carbons (Fsp3) is 0.621. The molecule has 3 aliphatic heterocycles. The van der Waals surface area contributed by atoms with Gasteiger partial charge in [-0.1, -0.05) is 0 Å². The van der Waals surface area contributed by atoms with E-state index in [4.69, 9.17) is 9.47 Å². The first-order chi connectivity index (χ1) is 18.7. The second kappa shape index (κ2) is 11.9. The summed E-state index contributed by atoms with van der Waals surface area (Å²) in [6, 6.07) is 5.78. The number of carbonyl (C=O) groups is 1. The van der Waals surface area contributed by atoms with Gasteiger partial charge in [0, 0.05) is 29.4 Å². The van der Waals surface area contributed by atoms with E-state index < -0.39 is 14.7 Å². The highest BCUT2D eigenvalue weighted by atomic mass is 32.2. The lowest BCUT2D eigenvalue weighted by molar-refractivity contribution is -0.137. The summed E-state index contributed by atoms with van der Waals surface area (Å²) in [5, 5.41) is 3.28. The van der Waals surface area contributed by atoms with Gasteiger partial charge in [-0.15, -0.1) is 11.3 Å². The van der Waals surface area contributed by atoms with E-state index in [0.29, 0.717) is 47.8 Å². The Morgan fingerprint density at radius 3 is 2.49 bits per heavy atom. The lowest BCUT2D eigenvalue weighted by Crippen LogP contribution is -2.58. The monoisotopic (exact) mass is 575 g/mol. The normalized spacial score (nSPS) is 22.2. The molecule has 1 amide bonds. The van der Waals surface area contributed by atoms with E-state index in [9.17, 15) is 13.2 Å². The van der Waals surface area contributed by atoms with Crippen LogP contribution in [0.5, 0.6) is 5.75 Å². The standard InChI is InChI=1S/C29H41N3O5S2/c1-21-14-24(36-3)15-22(2)28(21)39(34,35)29(9-4-5-10-30-29)20-37-19-27(33)32-13-8-26-23(17-32)16-25(38-26)18-31-11-6-7-12-31/h14-16,30H,4-13,17-20H2,1-3H3/t29-/m0/s1. The largest absolute Gasteiger partial charge is 0.497 e. The Morgan fingerprint density at radius 1 is 1.08 bits per heavy atom. The number of nitrogens with zero attached hydrogens (tertiary/aromatic N) is 2.